The topological polar surface area (TPSA) is 88.6 Å². The van der Waals surface area contributed by atoms with Crippen molar-refractivity contribution in [3.05, 3.63) is 18.2 Å². The van der Waals surface area contributed by atoms with E-state index in [1.165, 1.54) is 25.3 Å². The summed E-state index contributed by atoms with van der Waals surface area (Å²) in [5.74, 6) is 0.637. The third kappa shape index (κ3) is 4.84. The average Bonchev–Trinajstić information content (AvgIpc) is 2.88. The third-order valence-electron chi connectivity index (χ3n) is 7.14. The van der Waals surface area contributed by atoms with E-state index in [4.69, 9.17) is 14.2 Å². The van der Waals surface area contributed by atoms with Gasteiger partial charge in [0.25, 0.3) is 5.91 Å². The zero-order valence-corrected chi connectivity index (χ0v) is 19.8. The molecule has 33 heavy (non-hydrogen) atoms. The van der Waals surface area contributed by atoms with Gasteiger partial charge in [0.1, 0.15) is 6.61 Å². The number of morpholine rings is 1. The number of benzene rings is 1. The zero-order valence-electron chi connectivity index (χ0n) is 19.0. The lowest BCUT2D eigenvalue weighted by atomic mass is 10.0. The summed E-state index contributed by atoms with van der Waals surface area (Å²) in [6.45, 7) is 5.52. The molecule has 3 saturated heterocycles. The number of ether oxygens (including phenoxy) is 3. The first-order chi connectivity index (χ1) is 16.0. The Balaban J connectivity index is 1.22. The van der Waals surface area contributed by atoms with Crippen LogP contribution in [0.3, 0.4) is 0 Å². The van der Waals surface area contributed by atoms with Crippen molar-refractivity contribution in [1.29, 1.82) is 0 Å². The molecule has 1 amide bonds. The maximum atomic E-state index is 13.3. The Morgan fingerprint density at radius 2 is 1.64 bits per heavy atom. The van der Waals surface area contributed by atoms with Gasteiger partial charge in [0, 0.05) is 38.3 Å². The Morgan fingerprint density at radius 3 is 2.36 bits per heavy atom. The van der Waals surface area contributed by atoms with Gasteiger partial charge in [-0.2, -0.15) is 4.31 Å². The molecule has 0 unspecified atom stereocenters. The lowest BCUT2D eigenvalue weighted by molar-refractivity contribution is -0.145. The quantitative estimate of drug-likeness (QED) is 0.644. The highest BCUT2D eigenvalue weighted by molar-refractivity contribution is 7.89. The normalized spacial score (nSPS) is 25.7. The van der Waals surface area contributed by atoms with Crippen LogP contribution in [-0.2, 0) is 19.6 Å². The number of nitrogens with zero attached hydrogens (tertiary/aromatic N) is 3. The molecule has 4 aliphatic rings. The fourth-order valence-electron chi connectivity index (χ4n) is 5.20. The number of rotatable bonds is 4. The molecule has 0 aliphatic carbocycles. The number of sulfonamides is 1. The number of hydrogen-bond acceptors (Lipinski definition) is 7. The number of piperidine rings is 2. The fourth-order valence-corrected chi connectivity index (χ4v) is 6.69. The first-order valence-electron chi connectivity index (χ1n) is 12.1. The van der Waals surface area contributed by atoms with E-state index in [9.17, 15) is 13.2 Å². The van der Waals surface area contributed by atoms with E-state index >= 15 is 0 Å². The summed E-state index contributed by atoms with van der Waals surface area (Å²) in [6, 6.07) is 5.16. The van der Waals surface area contributed by atoms with Crippen molar-refractivity contribution >= 4 is 15.9 Å². The van der Waals surface area contributed by atoms with E-state index in [-0.39, 0.29) is 17.4 Å². The molecule has 0 N–H and O–H groups in total. The molecule has 3 fully saturated rings. The summed E-state index contributed by atoms with van der Waals surface area (Å²) in [7, 11) is -3.61. The van der Waals surface area contributed by atoms with Crippen molar-refractivity contribution in [2.45, 2.75) is 49.1 Å². The van der Waals surface area contributed by atoms with Gasteiger partial charge in [0.15, 0.2) is 11.5 Å². The number of fused-ring (bicyclic) bond motifs is 1. The SMILES string of the molecule is O=C([C@@H]1COc2cc(S(=O)(=O)N3CCC(N4CCCCC4)CC3)ccc2O1)N1CCOCC1. The Kier molecular flexibility index (Phi) is 6.78. The Morgan fingerprint density at radius 1 is 0.909 bits per heavy atom. The van der Waals surface area contributed by atoms with E-state index < -0.39 is 16.1 Å². The second-order valence-corrected chi connectivity index (χ2v) is 11.1. The molecular formula is C23H33N3O6S. The van der Waals surface area contributed by atoms with Crippen LogP contribution in [0, 0.1) is 0 Å². The molecule has 1 aromatic carbocycles. The van der Waals surface area contributed by atoms with Crippen molar-refractivity contribution < 1.29 is 27.4 Å². The second-order valence-electron chi connectivity index (χ2n) is 9.20. The lowest BCUT2D eigenvalue weighted by Crippen LogP contribution is -2.50. The summed E-state index contributed by atoms with van der Waals surface area (Å²) in [6.07, 6.45) is 4.80. The number of carbonyl (C=O) groups is 1. The van der Waals surface area contributed by atoms with Crippen molar-refractivity contribution in [3.63, 3.8) is 0 Å². The van der Waals surface area contributed by atoms with Crippen LogP contribution in [0.25, 0.3) is 0 Å². The summed E-state index contributed by atoms with van der Waals surface area (Å²) in [5.41, 5.74) is 0. The summed E-state index contributed by atoms with van der Waals surface area (Å²) in [4.78, 5) is 17.2. The van der Waals surface area contributed by atoms with E-state index in [1.807, 2.05) is 0 Å². The molecule has 1 aromatic rings. The summed E-state index contributed by atoms with van der Waals surface area (Å²) < 4.78 is 45.1. The minimum atomic E-state index is -3.61. The van der Waals surface area contributed by atoms with Gasteiger partial charge in [-0.05, 0) is 50.9 Å². The van der Waals surface area contributed by atoms with Gasteiger partial charge in [-0.25, -0.2) is 8.42 Å². The van der Waals surface area contributed by atoms with Gasteiger partial charge in [-0.3, -0.25) is 4.79 Å². The monoisotopic (exact) mass is 479 g/mol. The van der Waals surface area contributed by atoms with Crippen LogP contribution in [0.5, 0.6) is 11.5 Å². The summed E-state index contributed by atoms with van der Waals surface area (Å²) >= 11 is 0. The second kappa shape index (κ2) is 9.77. The number of likely N-dealkylation sites (tertiary alicyclic amines) is 1. The predicted molar refractivity (Wildman–Crippen MR) is 121 cm³/mol. The van der Waals surface area contributed by atoms with Crippen molar-refractivity contribution in [2.75, 3.05) is 59.1 Å². The van der Waals surface area contributed by atoms with Gasteiger partial charge in [-0.1, -0.05) is 6.42 Å². The van der Waals surface area contributed by atoms with Crippen LogP contribution in [0.2, 0.25) is 0 Å². The van der Waals surface area contributed by atoms with E-state index in [1.54, 1.807) is 21.3 Å². The lowest BCUT2D eigenvalue weighted by Gasteiger charge is -2.39. The molecular weight excluding hydrogens is 446 g/mol. The van der Waals surface area contributed by atoms with E-state index in [0.29, 0.717) is 56.9 Å². The van der Waals surface area contributed by atoms with Crippen LogP contribution in [0.4, 0.5) is 0 Å². The molecule has 5 rings (SSSR count). The number of hydrogen-bond donors (Lipinski definition) is 0. The van der Waals surface area contributed by atoms with Crippen molar-refractivity contribution in [3.8, 4) is 11.5 Å². The molecule has 4 heterocycles. The van der Waals surface area contributed by atoms with Crippen molar-refractivity contribution in [1.82, 2.24) is 14.1 Å². The van der Waals surface area contributed by atoms with Crippen LogP contribution >= 0.6 is 0 Å². The maximum absolute atomic E-state index is 13.3. The molecule has 0 saturated carbocycles. The Labute approximate surface area is 195 Å². The standard InChI is InChI=1S/C23H33N3O6S/c27-23(25-12-14-30-15-13-25)22-17-31-21-16-19(4-5-20(21)32-22)33(28,29)26-10-6-18(7-11-26)24-8-2-1-3-9-24/h4-5,16,18,22H,1-3,6-15,17H2/t22-/m0/s1. The zero-order chi connectivity index (χ0) is 22.8. The van der Waals surface area contributed by atoms with Crippen LogP contribution in [0.1, 0.15) is 32.1 Å². The van der Waals surface area contributed by atoms with Crippen molar-refractivity contribution in [2.24, 2.45) is 0 Å². The van der Waals surface area contributed by atoms with Crippen LogP contribution in [-0.4, -0.2) is 99.7 Å². The average molecular weight is 480 g/mol. The van der Waals surface area contributed by atoms with Gasteiger partial charge in [0.2, 0.25) is 16.1 Å². The number of amides is 1. The molecule has 182 valence electrons. The van der Waals surface area contributed by atoms with Crippen LogP contribution in [0.15, 0.2) is 23.1 Å². The molecule has 9 nitrogen and oxygen atoms in total. The van der Waals surface area contributed by atoms with Gasteiger partial charge in [-0.15, -0.1) is 0 Å². The Hall–Kier alpha value is -1.88. The molecule has 4 aliphatic heterocycles. The molecule has 10 heteroatoms. The minimum Gasteiger partial charge on any atom is -0.485 e. The molecule has 0 aromatic heterocycles. The van der Waals surface area contributed by atoms with Gasteiger partial charge < -0.3 is 24.0 Å². The predicted octanol–water partition coefficient (Wildman–Crippen LogP) is 1.32. The first-order valence-corrected chi connectivity index (χ1v) is 13.5. The fraction of sp³-hybridized carbons (Fsp3) is 0.696. The van der Waals surface area contributed by atoms with E-state index in [0.717, 1.165) is 25.9 Å². The highest BCUT2D eigenvalue weighted by atomic mass is 32.2. The van der Waals surface area contributed by atoms with Crippen LogP contribution < -0.4 is 9.47 Å². The smallest absolute Gasteiger partial charge is 0.267 e. The molecule has 0 radical (unpaired) electrons. The molecule has 0 bridgehead atoms. The first kappa shape index (κ1) is 22.9. The summed E-state index contributed by atoms with van der Waals surface area (Å²) in [5, 5.41) is 0. The van der Waals surface area contributed by atoms with E-state index in [2.05, 4.69) is 4.90 Å². The maximum Gasteiger partial charge on any atom is 0.267 e. The molecule has 0 spiro atoms. The highest BCUT2D eigenvalue weighted by Crippen LogP contribution is 2.35. The van der Waals surface area contributed by atoms with Gasteiger partial charge in [0.05, 0.1) is 18.1 Å². The number of carbonyl (C=O) groups excluding carboxylic acids is 1. The van der Waals surface area contributed by atoms with Gasteiger partial charge >= 0.3 is 0 Å². The largest absolute Gasteiger partial charge is 0.485 e. The molecule has 1 atom stereocenters. The Bertz CT molecular complexity index is 951. The third-order valence-corrected chi connectivity index (χ3v) is 9.04. The minimum absolute atomic E-state index is 0.0634. The highest BCUT2D eigenvalue weighted by Gasteiger charge is 2.35.